The third-order valence-corrected chi connectivity index (χ3v) is 3.01. The van der Waals surface area contributed by atoms with Gasteiger partial charge in [-0.05, 0) is 24.6 Å². The summed E-state index contributed by atoms with van der Waals surface area (Å²) < 4.78 is 6.41. The number of esters is 1. The largest absolute Gasteiger partial charge is 0.464 e. The lowest BCUT2D eigenvalue weighted by atomic mass is 10.1. The molecule has 1 aromatic heterocycles. The number of benzene rings is 1. The molecule has 0 saturated heterocycles. The molecule has 0 aliphatic rings. The third kappa shape index (κ3) is 3.10. The molecule has 0 radical (unpaired) electrons. The lowest BCUT2D eigenvalue weighted by Gasteiger charge is -2.08. The molecule has 0 bridgehead atoms. The fourth-order valence-corrected chi connectivity index (χ4v) is 2.12. The smallest absolute Gasteiger partial charge is 0.356 e. The van der Waals surface area contributed by atoms with Crippen molar-refractivity contribution in [2.75, 3.05) is 12.4 Å². The summed E-state index contributed by atoms with van der Waals surface area (Å²) in [6.07, 6.45) is 1.63. The van der Waals surface area contributed by atoms with Gasteiger partial charge in [0.2, 0.25) is 5.91 Å². The lowest BCUT2D eigenvalue weighted by Crippen LogP contribution is -2.12. The zero-order valence-corrected chi connectivity index (χ0v) is 12.2. The molecule has 0 atom stereocenters. The van der Waals surface area contributed by atoms with Crippen LogP contribution in [0, 0.1) is 0 Å². The zero-order valence-electron chi connectivity index (χ0n) is 12.2. The molecule has 0 unspecified atom stereocenters. The van der Waals surface area contributed by atoms with Crippen LogP contribution in [0.5, 0.6) is 0 Å². The maximum atomic E-state index is 12.0. The van der Waals surface area contributed by atoms with Crippen LogP contribution in [0.1, 0.15) is 24.3 Å². The van der Waals surface area contributed by atoms with Crippen molar-refractivity contribution < 1.29 is 14.3 Å². The average Bonchev–Trinajstić information content (AvgIpc) is 2.90. The monoisotopic (exact) mass is 287 g/mol. The highest BCUT2D eigenvalue weighted by atomic mass is 16.5. The van der Waals surface area contributed by atoms with Gasteiger partial charge in [-0.1, -0.05) is 12.1 Å². The Bertz CT molecular complexity index is 677. The van der Waals surface area contributed by atoms with E-state index in [1.54, 1.807) is 23.0 Å². The fourth-order valence-electron chi connectivity index (χ4n) is 2.12. The summed E-state index contributed by atoms with van der Waals surface area (Å²) in [4.78, 5) is 23.1. The second-order valence-corrected chi connectivity index (χ2v) is 4.48. The number of hydrogen-bond donors (Lipinski definition) is 1. The van der Waals surface area contributed by atoms with Gasteiger partial charge < -0.3 is 10.1 Å². The molecule has 6 nitrogen and oxygen atoms in total. The second-order valence-electron chi connectivity index (χ2n) is 4.48. The first-order valence-corrected chi connectivity index (χ1v) is 6.59. The SMILES string of the molecule is CCn1ncc(-c2cccc(NC(C)=O)c2)c1C(=O)OC. The van der Waals surface area contributed by atoms with Gasteiger partial charge in [-0.2, -0.15) is 5.10 Å². The number of nitrogens with zero attached hydrogens (tertiary/aromatic N) is 2. The van der Waals surface area contributed by atoms with Crippen LogP contribution >= 0.6 is 0 Å². The van der Waals surface area contributed by atoms with Crippen LogP contribution in [0.25, 0.3) is 11.1 Å². The normalized spacial score (nSPS) is 10.2. The van der Waals surface area contributed by atoms with Crippen molar-refractivity contribution in [2.24, 2.45) is 0 Å². The molecule has 1 amide bonds. The predicted molar refractivity (Wildman–Crippen MR) is 79.0 cm³/mol. The van der Waals surface area contributed by atoms with Crippen molar-refractivity contribution in [3.63, 3.8) is 0 Å². The van der Waals surface area contributed by atoms with Gasteiger partial charge in [-0.15, -0.1) is 0 Å². The molecule has 0 aliphatic heterocycles. The number of rotatable bonds is 4. The molecule has 6 heteroatoms. The van der Waals surface area contributed by atoms with E-state index in [1.807, 2.05) is 19.1 Å². The number of methoxy groups -OCH3 is 1. The minimum Gasteiger partial charge on any atom is -0.464 e. The minimum atomic E-state index is -0.436. The Kier molecular flexibility index (Phi) is 4.37. The first-order valence-electron chi connectivity index (χ1n) is 6.59. The van der Waals surface area contributed by atoms with Crippen LogP contribution in [-0.2, 0) is 16.1 Å². The number of nitrogens with one attached hydrogen (secondary N) is 1. The molecule has 110 valence electrons. The molecule has 1 N–H and O–H groups in total. The van der Waals surface area contributed by atoms with E-state index in [1.165, 1.54) is 14.0 Å². The Balaban J connectivity index is 2.49. The van der Waals surface area contributed by atoms with Gasteiger partial charge in [-0.3, -0.25) is 9.48 Å². The van der Waals surface area contributed by atoms with Gasteiger partial charge in [-0.25, -0.2) is 4.79 Å². The van der Waals surface area contributed by atoms with E-state index in [-0.39, 0.29) is 5.91 Å². The van der Waals surface area contributed by atoms with Crippen molar-refractivity contribution >= 4 is 17.6 Å². The molecule has 0 aliphatic carbocycles. The molecule has 2 aromatic rings. The fraction of sp³-hybridized carbons (Fsp3) is 0.267. The van der Waals surface area contributed by atoms with Crippen molar-refractivity contribution in [1.29, 1.82) is 0 Å². The van der Waals surface area contributed by atoms with Gasteiger partial charge in [0.25, 0.3) is 0 Å². The van der Waals surface area contributed by atoms with Crippen molar-refractivity contribution in [3.05, 3.63) is 36.2 Å². The molecular weight excluding hydrogens is 270 g/mol. The number of carbonyl (C=O) groups excluding carboxylic acids is 2. The standard InChI is InChI=1S/C15H17N3O3/c1-4-18-14(15(20)21-3)13(9-16-18)11-6-5-7-12(8-11)17-10(2)19/h5-9H,4H2,1-3H3,(H,17,19). The zero-order chi connectivity index (χ0) is 15.4. The number of hydrogen-bond acceptors (Lipinski definition) is 4. The minimum absolute atomic E-state index is 0.149. The van der Waals surface area contributed by atoms with Crippen molar-refractivity contribution in [1.82, 2.24) is 9.78 Å². The summed E-state index contributed by atoms with van der Waals surface area (Å²) in [5.41, 5.74) is 2.54. The number of ether oxygens (including phenoxy) is 1. The van der Waals surface area contributed by atoms with Crippen molar-refractivity contribution in [3.8, 4) is 11.1 Å². The van der Waals surface area contributed by atoms with Gasteiger partial charge in [0.15, 0.2) is 5.69 Å². The van der Waals surface area contributed by atoms with Gasteiger partial charge in [0.05, 0.1) is 13.3 Å². The summed E-state index contributed by atoms with van der Waals surface area (Å²) >= 11 is 0. The summed E-state index contributed by atoms with van der Waals surface area (Å²) in [5, 5.41) is 6.92. The summed E-state index contributed by atoms with van der Waals surface area (Å²) in [7, 11) is 1.34. The van der Waals surface area contributed by atoms with E-state index in [9.17, 15) is 9.59 Å². The first-order chi connectivity index (χ1) is 10.1. The van der Waals surface area contributed by atoms with E-state index in [4.69, 9.17) is 4.74 Å². The molecule has 0 spiro atoms. The van der Waals surface area contributed by atoms with Gasteiger partial charge in [0, 0.05) is 24.7 Å². The van der Waals surface area contributed by atoms with E-state index in [0.717, 1.165) is 5.56 Å². The maximum absolute atomic E-state index is 12.0. The first kappa shape index (κ1) is 14.8. The van der Waals surface area contributed by atoms with E-state index >= 15 is 0 Å². The number of amides is 1. The highest BCUT2D eigenvalue weighted by molar-refractivity contribution is 5.96. The van der Waals surface area contributed by atoms with Crippen LogP contribution in [0.3, 0.4) is 0 Å². The van der Waals surface area contributed by atoms with Crippen LogP contribution in [-0.4, -0.2) is 28.8 Å². The number of aromatic nitrogens is 2. The van der Waals surface area contributed by atoms with Crippen LogP contribution in [0.4, 0.5) is 5.69 Å². The number of carbonyl (C=O) groups is 2. The quantitative estimate of drug-likeness (QED) is 0.876. The average molecular weight is 287 g/mol. The Morgan fingerprint density at radius 3 is 2.76 bits per heavy atom. The van der Waals surface area contributed by atoms with E-state index < -0.39 is 5.97 Å². The number of aryl methyl sites for hydroxylation is 1. The van der Waals surface area contributed by atoms with E-state index in [2.05, 4.69) is 10.4 Å². The Hall–Kier alpha value is -2.63. The Morgan fingerprint density at radius 1 is 1.38 bits per heavy atom. The molecule has 2 rings (SSSR count). The van der Waals surface area contributed by atoms with Gasteiger partial charge >= 0.3 is 5.97 Å². The molecule has 1 heterocycles. The maximum Gasteiger partial charge on any atom is 0.356 e. The predicted octanol–water partition coefficient (Wildman–Crippen LogP) is 2.32. The summed E-state index contributed by atoms with van der Waals surface area (Å²) in [6, 6.07) is 7.25. The third-order valence-electron chi connectivity index (χ3n) is 3.01. The van der Waals surface area contributed by atoms with Crippen LogP contribution in [0.15, 0.2) is 30.5 Å². The number of anilines is 1. The molecular formula is C15H17N3O3. The lowest BCUT2D eigenvalue weighted by molar-refractivity contribution is -0.114. The Morgan fingerprint density at radius 2 is 2.14 bits per heavy atom. The Labute approximate surface area is 122 Å². The second kappa shape index (κ2) is 6.21. The highest BCUT2D eigenvalue weighted by Crippen LogP contribution is 2.26. The summed E-state index contributed by atoms with van der Waals surface area (Å²) in [5.74, 6) is -0.584. The molecule has 0 fully saturated rings. The topological polar surface area (TPSA) is 73.2 Å². The van der Waals surface area contributed by atoms with Crippen LogP contribution in [0.2, 0.25) is 0 Å². The van der Waals surface area contributed by atoms with Crippen molar-refractivity contribution in [2.45, 2.75) is 20.4 Å². The molecule has 1 aromatic carbocycles. The summed E-state index contributed by atoms with van der Waals surface area (Å²) in [6.45, 7) is 3.91. The van der Waals surface area contributed by atoms with Gasteiger partial charge in [0.1, 0.15) is 0 Å². The highest BCUT2D eigenvalue weighted by Gasteiger charge is 2.19. The van der Waals surface area contributed by atoms with E-state index in [0.29, 0.717) is 23.5 Å². The molecule has 21 heavy (non-hydrogen) atoms. The molecule has 0 saturated carbocycles. The van der Waals surface area contributed by atoms with Crippen LogP contribution < -0.4 is 5.32 Å².